The van der Waals surface area contributed by atoms with E-state index in [9.17, 15) is 10.1 Å². The zero-order valence-electron chi connectivity index (χ0n) is 14.7. The highest BCUT2D eigenvalue weighted by Crippen LogP contribution is 2.31. The summed E-state index contributed by atoms with van der Waals surface area (Å²) in [7, 11) is 1.57. The van der Waals surface area contributed by atoms with Crippen molar-refractivity contribution < 1.29 is 9.66 Å². The molecule has 24 heavy (non-hydrogen) atoms. The van der Waals surface area contributed by atoms with Crippen molar-refractivity contribution in [3.05, 3.63) is 45.3 Å². The maximum absolute atomic E-state index is 11.0. The number of hydrogen-bond acceptors (Lipinski definition) is 5. The van der Waals surface area contributed by atoms with Crippen LogP contribution in [0.4, 0.5) is 5.69 Å². The number of ether oxygens (including phenoxy) is 1. The molecule has 0 saturated heterocycles. The van der Waals surface area contributed by atoms with Crippen LogP contribution in [0, 0.1) is 29.9 Å². The molecule has 0 aliphatic rings. The van der Waals surface area contributed by atoms with Gasteiger partial charge in [-0.25, -0.2) is 4.98 Å². The summed E-state index contributed by atoms with van der Waals surface area (Å²) < 4.78 is 7.55. The molecule has 2 rings (SSSR count). The van der Waals surface area contributed by atoms with Gasteiger partial charge in [-0.1, -0.05) is 25.6 Å². The van der Waals surface area contributed by atoms with Crippen molar-refractivity contribution in [1.82, 2.24) is 9.55 Å². The number of nitrogens with zero attached hydrogens (tertiary/aromatic N) is 3. The molecule has 2 aromatic rings. The number of methoxy groups -OCH3 is 1. The van der Waals surface area contributed by atoms with E-state index in [1.165, 1.54) is 6.07 Å². The van der Waals surface area contributed by atoms with Crippen LogP contribution < -0.4 is 4.74 Å². The summed E-state index contributed by atoms with van der Waals surface area (Å²) >= 11 is 1.58. The number of aryl methyl sites for hydroxylation is 1. The van der Waals surface area contributed by atoms with Crippen LogP contribution in [0.1, 0.15) is 30.8 Å². The van der Waals surface area contributed by atoms with Crippen LogP contribution in [-0.2, 0) is 12.3 Å². The largest absolute Gasteiger partial charge is 0.496 e. The molecule has 0 N–H and O–H groups in total. The Morgan fingerprint density at radius 3 is 2.67 bits per heavy atom. The highest BCUT2D eigenvalue weighted by Gasteiger charge is 2.16. The first-order valence-electron chi connectivity index (χ1n) is 7.81. The van der Waals surface area contributed by atoms with Gasteiger partial charge in [-0.05, 0) is 25.8 Å². The molecule has 0 amide bonds. The molecular formula is C17H23N3O3S. The first kappa shape index (κ1) is 18.3. The Bertz CT molecular complexity index is 741. The third kappa shape index (κ3) is 4.08. The molecule has 0 radical (unpaired) electrons. The van der Waals surface area contributed by atoms with Gasteiger partial charge in [-0.3, -0.25) is 10.1 Å². The number of hydrogen-bond donors (Lipinski definition) is 0. The summed E-state index contributed by atoms with van der Waals surface area (Å²) in [5.74, 6) is 1.74. The second-order valence-corrected chi connectivity index (χ2v) is 7.05. The van der Waals surface area contributed by atoms with Crippen LogP contribution in [0.25, 0.3) is 0 Å². The van der Waals surface area contributed by atoms with Crippen molar-refractivity contribution in [3.63, 3.8) is 0 Å². The molecule has 1 aromatic carbocycles. The van der Waals surface area contributed by atoms with E-state index in [2.05, 4.69) is 30.3 Å². The molecule has 0 atom stereocenters. The van der Waals surface area contributed by atoms with Crippen LogP contribution in [0.15, 0.2) is 23.4 Å². The maximum Gasteiger partial charge on any atom is 0.270 e. The number of imidazole rings is 1. The summed E-state index contributed by atoms with van der Waals surface area (Å²) in [6, 6.07) is 4.67. The summed E-state index contributed by atoms with van der Waals surface area (Å²) in [6.45, 7) is 9.33. The smallest absolute Gasteiger partial charge is 0.270 e. The van der Waals surface area contributed by atoms with Crippen molar-refractivity contribution in [3.8, 4) is 5.75 Å². The van der Waals surface area contributed by atoms with Crippen molar-refractivity contribution in [1.29, 1.82) is 0 Å². The predicted octanol–water partition coefficient (Wildman–Crippen LogP) is 4.37. The molecule has 0 bridgehead atoms. The Labute approximate surface area is 146 Å². The van der Waals surface area contributed by atoms with Crippen LogP contribution >= 0.6 is 11.8 Å². The van der Waals surface area contributed by atoms with E-state index in [1.807, 2.05) is 6.92 Å². The first-order valence-corrected chi connectivity index (χ1v) is 8.79. The van der Waals surface area contributed by atoms with E-state index in [0.717, 1.165) is 28.7 Å². The topological polar surface area (TPSA) is 70.2 Å². The summed E-state index contributed by atoms with van der Waals surface area (Å²) in [5.41, 5.74) is 3.05. The fourth-order valence-electron chi connectivity index (χ4n) is 2.45. The molecule has 0 saturated carbocycles. The normalized spacial score (nSPS) is 11.1. The number of non-ortho nitro benzene ring substituents is 1. The highest BCUT2D eigenvalue weighted by atomic mass is 32.2. The molecule has 6 nitrogen and oxygen atoms in total. The molecule has 0 aliphatic carbocycles. The summed E-state index contributed by atoms with van der Waals surface area (Å²) in [4.78, 5) is 15.2. The number of benzene rings is 1. The van der Waals surface area contributed by atoms with Gasteiger partial charge in [0.2, 0.25) is 0 Å². The van der Waals surface area contributed by atoms with Crippen molar-refractivity contribution in [2.45, 2.75) is 45.1 Å². The van der Waals surface area contributed by atoms with E-state index in [-0.39, 0.29) is 10.6 Å². The van der Waals surface area contributed by atoms with Crippen molar-refractivity contribution in [2.24, 2.45) is 5.92 Å². The number of rotatable bonds is 7. The molecule has 130 valence electrons. The number of nitro groups is 1. The van der Waals surface area contributed by atoms with Gasteiger partial charge < -0.3 is 9.30 Å². The van der Waals surface area contributed by atoms with E-state index < -0.39 is 0 Å². The minimum absolute atomic E-state index is 0.0734. The molecule has 0 aliphatic heterocycles. The Morgan fingerprint density at radius 1 is 1.38 bits per heavy atom. The average Bonchev–Trinajstić information content (AvgIpc) is 2.79. The lowest BCUT2D eigenvalue weighted by atomic mass is 10.2. The molecule has 1 aromatic heterocycles. The summed E-state index contributed by atoms with van der Waals surface area (Å²) in [6.07, 6.45) is 0. The average molecular weight is 349 g/mol. The van der Waals surface area contributed by atoms with Gasteiger partial charge in [0, 0.05) is 35.7 Å². The Kier molecular flexibility index (Phi) is 5.88. The second-order valence-electron chi connectivity index (χ2n) is 6.11. The van der Waals surface area contributed by atoms with Gasteiger partial charge in [0.15, 0.2) is 5.16 Å². The Morgan fingerprint density at radius 2 is 2.08 bits per heavy atom. The lowest BCUT2D eigenvalue weighted by molar-refractivity contribution is -0.384. The molecule has 7 heteroatoms. The fourth-order valence-corrected chi connectivity index (χ4v) is 3.53. The van der Waals surface area contributed by atoms with Crippen LogP contribution in [0.5, 0.6) is 5.75 Å². The van der Waals surface area contributed by atoms with Crippen molar-refractivity contribution in [2.75, 3.05) is 7.11 Å². The maximum atomic E-state index is 11.0. The zero-order valence-corrected chi connectivity index (χ0v) is 15.5. The number of thioether (sulfide) groups is 1. The quantitative estimate of drug-likeness (QED) is 0.422. The molecular weight excluding hydrogens is 326 g/mol. The van der Waals surface area contributed by atoms with Crippen LogP contribution in [0.2, 0.25) is 0 Å². The van der Waals surface area contributed by atoms with Crippen LogP contribution in [0.3, 0.4) is 0 Å². The fraction of sp³-hybridized carbons (Fsp3) is 0.471. The SMILES string of the molecule is COc1ccc([N+](=O)[O-])cc1CSc1nc(C)c(C)n1CC(C)C. The minimum atomic E-state index is -0.387. The Hall–Kier alpha value is -2.02. The lowest BCUT2D eigenvalue weighted by Crippen LogP contribution is -2.07. The zero-order chi connectivity index (χ0) is 17.9. The van der Waals surface area contributed by atoms with Gasteiger partial charge in [-0.2, -0.15) is 0 Å². The van der Waals surface area contributed by atoms with Crippen molar-refractivity contribution >= 4 is 17.4 Å². The predicted molar refractivity (Wildman–Crippen MR) is 95.7 cm³/mol. The minimum Gasteiger partial charge on any atom is -0.496 e. The lowest BCUT2D eigenvalue weighted by Gasteiger charge is -2.13. The molecule has 0 unspecified atom stereocenters. The van der Waals surface area contributed by atoms with E-state index >= 15 is 0 Å². The molecule has 0 fully saturated rings. The summed E-state index contributed by atoms with van der Waals surface area (Å²) in [5, 5.41) is 11.9. The van der Waals surface area contributed by atoms with Gasteiger partial charge in [0.1, 0.15) is 5.75 Å². The second kappa shape index (κ2) is 7.70. The van der Waals surface area contributed by atoms with Gasteiger partial charge >= 0.3 is 0 Å². The Balaban J connectivity index is 2.26. The van der Waals surface area contributed by atoms with E-state index in [0.29, 0.717) is 17.4 Å². The number of aromatic nitrogens is 2. The van der Waals surface area contributed by atoms with Crippen LogP contribution in [-0.4, -0.2) is 21.6 Å². The first-order chi connectivity index (χ1) is 11.3. The highest BCUT2D eigenvalue weighted by molar-refractivity contribution is 7.98. The van der Waals surface area contributed by atoms with Gasteiger partial charge in [-0.15, -0.1) is 0 Å². The number of nitro benzene ring substituents is 1. The van der Waals surface area contributed by atoms with Gasteiger partial charge in [0.25, 0.3) is 5.69 Å². The van der Waals surface area contributed by atoms with Gasteiger partial charge in [0.05, 0.1) is 17.7 Å². The monoisotopic (exact) mass is 349 g/mol. The van der Waals surface area contributed by atoms with E-state index in [4.69, 9.17) is 4.74 Å². The molecule has 1 heterocycles. The third-order valence-electron chi connectivity index (χ3n) is 3.80. The van der Waals surface area contributed by atoms with E-state index in [1.54, 1.807) is 31.0 Å². The third-order valence-corrected chi connectivity index (χ3v) is 4.83. The molecule has 0 spiro atoms. The standard InChI is InChI=1S/C17H23N3O3S/c1-11(2)9-19-13(4)12(3)18-17(19)24-10-14-8-15(20(21)22)6-7-16(14)23-5/h6-8,11H,9-10H2,1-5H3.